The summed E-state index contributed by atoms with van der Waals surface area (Å²) in [6.07, 6.45) is 1.05. The number of hydrogen-bond donors (Lipinski definition) is 3. The molecule has 0 radical (unpaired) electrons. The number of rotatable bonds is 11. The van der Waals surface area contributed by atoms with Gasteiger partial charge in [-0.3, -0.25) is 14.7 Å². The predicted molar refractivity (Wildman–Crippen MR) is 116 cm³/mol. The predicted octanol–water partition coefficient (Wildman–Crippen LogP) is 2.10. The summed E-state index contributed by atoms with van der Waals surface area (Å²) in [7, 11) is 3.35. The first-order chi connectivity index (χ1) is 13.4. The molecule has 1 amide bonds. The molecular formula is C21H37N5O2. The van der Waals surface area contributed by atoms with E-state index in [0.29, 0.717) is 30.7 Å². The molecule has 0 heterocycles. The molecule has 158 valence electrons. The maximum atomic E-state index is 12.1. The molecule has 7 nitrogen and oxygen atoms in total. The van der Waals surface area contributed by atoms with Gasteiger partial charge in [0, 0.05) is 50.9 Å². The van der Waals surface area contributed by atoms with Gasteiger partial charge in [-0.1, -0.05) is 0 Å². The average molecular weight is 392 g/mol. The first kappa shape index (κ1) is 23.8. The van der Waals surface area contributed by atoms with Crippen molar-refractivity contribution in [1.82, 2.24) is 20.9 Å². The van der Waals surface area contributed by atoms with E-state index < -0.39 is 0 Å². The van der Waals surface area contributed by atoms with Crippen molar-refractivity contribution in [3.63, 3.8) is 0 Å². The lowest BCUT2D eigenvalue weighted by molar-refractivity contribution is 0.0954. The monoisotopic (exact) mass is 391 g/mol. The second kappa shape index (κ2) is 13.0. The van der Waals surface area contributed by atoms with Crippen LogP contribution in [0.5, 0.6) is 5.75 Å². The first-order valence-corrected chi connectivity index (χ1v) is 10.0. The number of benzene rings is 1. The summed E-state index contributed by atoms with van der Waals surface area (Å²) in [6, 6.07) is 8.15. The van der Waals surface area contributed by atoms with Crippen LogP contribution in [0.3, 0.4) is 0 Å². The molecule has 0 saturated carbocycles. The van der Waals surface area contributed by atoms with E-state index in [0.717, 1.165) is 31.2 Å². The van der Waals surface area contributed by atoms with Gasteiger partial charge in [-0.15, -0.1) is 0 Å². The molecule has 1 aromatic rings. The summed E-state index contributed by atoms with van der Waals surface area (Å²) in [4.78, 5) is 18.8. The summed E-state index contributed by atoms with van der Waals surface area (Å²) in [5, 5.41) is 9.43. The molecule has 0 aliphatic rings. The molecule has 7 heteroatoms. The Morgan fingerprint density at radius 3 is 2.11 bits per heavy atom. The van der Waals surface area contributed by atoms with Gasteiger partial charge in [0.2, 0.25) is 0 Å². The molecule has 0 saturated heterocycles. The Labute approximate surface area is 169 Å². The number of aliphatic imine (C=N–C) groups is 1. The van der Waals surface area contributed by atoms with Crippen LogP contribution in [0.4, 0.5) is 0 Å². The van der Waals surface area contributed by atoms with Gasteiger partial charge < -0.3 is 20.7 Å². The van der Waals surface area contributed by atoms with Crippen molar-refractivity contribution >= 4 is 11.9 Å². The molecule has 0 unspecified atom stereocenters. The second-order valence-electron chi connectivity index (χ2n) is 7.19. The Kier molecular flexibility index (Phi) is 11.0. The van der Waals surface area contributed by atoms with Gasteiger partial charge in [-0.05, 0) is 58.4 Å². The van der Waals surface area contributed by atoms with E-state index >= 15 is 0 Å². The Morgan fingerprint density at radius 1 is 1.00 bits per heavy atom. The van der Waals surface area contributed by atoms with Crippen molar-refractivity contribution in [2.45, 2.75) is 46.2 Å². The van der Waals surface area contributed by atoms with Gasteiger partial charge >= 0.3 is 0 Å². The zero-order chi connectivity index (χ0) is 20.9. The normalized spacial score (nSPS) is 11.8. The fourth-order valence-electron chi connectivity index (χ4n) is 3.00. The van der Waals surface area contributed by atoms with E-state index in [4.69, 9.17) is 4.74 Å². The zero-order valence-corrected chi connectivity index (χ0v) is 18.2. The number of carbonyl (C=O) groups is 1. The maximum absolute atomic E-state index is 12.1. The number of methoxy groups -OCH3 is 1. The minimum absolute atomic E-state index is 0.102. The summed E-state index contributed by atoms with van der Waals surface area (Å²) in [6.45, 7) is 11.9. The van der Waals surface area contributed by atoms with E-state index in [2.05, 4.69) is 53.5 Å². The van der Waals surface area contributed by atoms with Crippen LogP contribution in [0, 0.1) is 0 Å². The van der Waals surface area contributed by atoms with Crippen molar-refractivity contribution in [1.29, 1.82) is 0 Å². The smallest absolute Gasteiger partial charge is 0.251 e. The van der Waals surface area contributed by atoms with Gasteiger partial charge in [-0.2, -0.15) is 0 Å². The first-order valence-electron chi connectivity index (χ1n) is 10.0. The van der Waals surface area contributed by atoms with Crippen LogP contribution >= 0.6 is 0 Å². The molecule has 0 spiro atoms. The largest absolute Gasteiger partial charge is 0.497 e. The van der Waals surface area contributed by atoms with E-state index in [-0.39, 0.29) is 5.91 Å². The minimum atomic E-state index is -0.102. The van der Waals surface area contributed by atoms with E-state index in [1.165, 1.54) is 0 Å². The Bertz CT molecular complexity index is 591. The fourth-order valence-corrected chi connectivity index (χ4v) is 3.00. The topological polar surface area (TPSA) is 78.0 Å². The number of amides is 1. The molecule has 0 aromatic heterocycles. The molecule has 0 aliphatic heterocycles. The molecule has 0 atom stereocenters. The zero-order valence-electron chi connectivity index (χ0n) is 18.2. The van der Waals surface area contributed by atoms with Crippen molar-refractivity contribution in [3.8, 4) is 5.75 Å². The van der Waals surface area contributed by atoms with Crippen molar-refractivity contribution < 1.29 is 9.53 Å². The molecule has 0 bridgehead atoms. The van der Waals surface area contributed by atoms with E-state index in [1.54, 1.807) is 38.4 Å². The van der Waals surface area contributed by atoms with Crippen molar-refractivity contribution in [2.75, 3.05) is 40.3 Å². The SMILES string of the molecule is CN=C(NCCCN(C(C)C)C(C)C)NCCNC(=O)c1ccc(OC)cc1. The molecule has 0 fully saturated rings. The van der Waals surface area contributed by atoms with Gasteiger partial charge in [-0.25, -0.2) is 0 Å². The number of guanidine groups is 1. The fraction of sp³-hybridized carbons (Fsp3) is 0.619. The van der Waals surface area contributed by atoms with Gasteiger partial charge in [0.25, 0.3) is 5.91 Å². The summed E-state index contributed by atoms with van der Waals surface area (Å²) in [5.74, 6) is 1.38. The number of hydrogen-bond acceptors (Lipinski definition) is 4. The molecule has 3 N–H and O–H groups in total. The van der Waals surface area contributed by atoms with E-state index in [1.807, 2.05) is 0 Å². The van der Waals surface area contributed by atoms with Gasteiger partial charge in [0.1, 0.15) is 5.75 Å². The lowest BCUT2D eigenvalue weighted by Gasteiger charge is -2.30. The third-order valence-electron chi connectivity index (χ3n) is 4.49. The summed E-state index contributed by atoms with van der Waals surface area (Å²) >= 11 is 0. The number of nitrogens with zero attached hydrogens (tertiary/aromatic N) is 2. The highest BCUT2D eigenvalue weighted by molar-refractivity contribution is 5.94. The van der Waals surface area contributed by atoms with Crippen molar-refractivity contribution in [2.24, 2.45) is 4.99 Å². The van der Waals surface area contributed by atoms with Crippen LogP contribution in [-0.2, 0) is 0 Å². The van der Waals surface area contributed by atoms with Crippen LogP contribution in [0.15, 0.2) is 29.3 Å². The number of ether oxygens (including phenoxy) is 1. The molecule has 1 aromatic carbocycles. The second-order valence-corrected chi connectivity index (χ2v) is 7.19. The third kappa shape index (κ3) is 8.61. The van der Waals surface area contributed by atoms with Crippen LogP contribution in [0.25, 0.3) is 0 Å². The summed E-state index contributed by atoms with van der Waals surface area (Å²) in [5.41, 5.74) is 0.614. The van der Waals surface area contributed by atoms with E-state index in [9.17, 15) is 4.79 Å². The standard InChI is InChI=1S/C21H37N5O2/c1-16(2)26(17(3)4)15-7-12-24-21(22-5)25-14-13-23-20(27)18-8-10-19(28-6)11-9-18/h8-11,16-17H,7,12-15H2,1-6H3,(H,23,27)(H2,22,24,25). The summed E-state index contributed by atoms with van der Waals surface area (Å²) < 4.78 is 5.10. The van der Waals surface area contributed by atoms with Gasteiger partial charge in [0.15, 0.2) is 5.96 Å². The number of nitrogens with one attached hydrogen (secondary N) is 3. The highest BCUT2D eigenvalue weighted by Crippen LogP contribution is 2.10. The lowest BCUT2D eigenvalue weighted by atomic mass is 10.2. The molecular weight excluding hydrogens is 354 g/mol. The van der Waals surface area contributed by atoms with Crippen LogP contribution < -0.4 is 20.7 Å². The highest BCUT2D eigenvalue weighted by Gasteiger charge is 2.12. The quantitative estimate of drug-likeness (QED) is 0.306. The molecule has 28 heavy (non-hydrogen) atoms. The number of carbonyl (C=O) groups excluding carboxylic acids is 1. The van der Waals surface area contributed by atoms with Crippen molar-refractivity contribution in [3.05, 3.63) is 29.8 Å². The average Bonchev–Trinajstić information content (AvgIpc) is 2.68. The van der Waals surface area contributed by atoms with Crippen LogP contribution in [-0.4, -0.2) is 69.2 Å². The molecule has 1 rings (SSSR count). The Morgan fingerprint density at radius 2 is 1.57 bits per heavy atom. The van der Waals surface area contributed by atoms with Crippen LogP contribution in [0.1, 0.15) is 44.5 Å². The minimum Gasteiger partial charge on any atom is -0.497 e. The molecule has 0 aliphatic carbocycles. The highest BCUT2D eigenvalue weighted by atomic mass is 16.5. The third-order valence-corrected chi connectivity index (χ3v) is 4.49. The maximum Gasteiger partial charge on any atom is 0.251 e. The Hall–Kier alpha value is -2.28. The van der Waals surface area contributed by atoms with Crippen LogP contribution in [0.2, 0.25) is 0 Å². The lowest BCUT2D eigenvalue weighted by Crippen LogP contribution is -2.43. The Balaban J connectivity index is 2.24. The van der Waals surface area contributed by atoms with Gasteiger partial charge in [0.05, 0.1) is 7.11 Å².